The lowest BCUT2D eigenvalue weighted by Gasteiger charge is -2.05. The summed E-state index contributed by atoms with van der Waals surface area (Å²) in [6.45, 7) is 5.81. The van der Waals surface area contributed by atoms with Gasteiger partial charge in [0.1, 0.15) is 0 Å². The van der Waals surface area contributed by atoms with Gasteiger partial charge in [-0.1, -0.05) is 38.9 Å². The molecule has 0 spiro atoms. The molecule has 2 nitrogen and oxygen atoms in total. The Morgan fingerprint density at radius 2 is 1.46 bits per heavy atom. The lowest BCUT2D eigenvalue weighted by Crippen LogP contribution is -2.34. The van der Waals surface area contributed by atoms with Gasteiger partial charge in [0.05, 0.1) is 9.29 Å². The fourth-order valence-electron chi connectivity index (χ4n) is 1.40. The summed E-state index contributed by atoms with van der Waals surface area (Å²) in [5.41, 5.74) is 0. The van der Waals surface area contributed by atoms with Crippen molar-refractivity contribution in [1.29, 1.82) is 0 Å². The van der Waals surface area contributed by atoms with Crippen molar-refractivity contribution in [1.82, 2.24) is 0 Å². The van der Waals surface area contributed by atoms with E-state index in [4.69, 9.17) is 0 Å². The van der Waals surface area contributed by atoms with Gasteiger partial charge >= 0.3 is 14.1 Å². The number of carbonyl (C=O) groups is 2. The number of carbonyl (C=O) groups excluding carboxylic acids is 2. The molecule has 0 N–H and O–H groups in total. The summed E-state index contributed by atoms with van der Waals surface area (Å²) in [6.07, 6.45) is 3.21. The third-order valence-electron chi connectivity index (χ3n) is 2.32. The largest absolute Gasteiger partial charge is 0.461 e. The van der Waals surface area contributed by atoms with Crippen LogP contribution in [0.3, 0.4) is 0 Å². The molecule has 0 radical (unpaired) electrons. The first-order valence-electron chi connectivity index (χ1n) is 5.22. The van der Waals surface area contributed by atoms with E-state index in [0.29, 0.717) is 12.8 Å². The molecule has 13 heavy (non-hydrogen) atoms. The average molecular weight is 198 g/mol. The fourth-order valence-corrected chi connectivity index (χ4v) is 4.21. The summed E-state index contributed by atoms with van der Waals surface area (Å²) in [6, 6.07) is 0. The highest BCUT2D eigenvalue weighted by Gasteiger charge is 2.31. The number of rotatable bonds is 7. The molecule has 0 aromatic heterocycles. The third-order valence-corrected chi connectivity index (χ3v) is 5.68. The smallest absolute Gasteiger partial charge is 0.320 e. The maximum Gasteiger partial charge on any atom is 0.461 e. The highest BCUT2D eigenvalue weighted by atomic mass is 27.2. The summed E-state index contributed by atoms with van der Waals surface area (Å²) in [4.78, 5) is 22.9. The molecule has 74 valence electrons. The van der Waals surface area contributed by atoms with Gasteiger partial charge in [0.25, 0.3) is 0 Å². The second-order valence-corrected chi connectivity index (χ2v) is 6.30. The molecule has 0 saturated carbocycles. The van der Waals surface area contributed by atoms with Crippen molar-refractivity contribution in [2.45, 2.75) is 51.7 Å². The molecule has 0 aromatic rings. The first-order chi connectivity index (χ1) is 6.17. The van der Waals surface area contributed by atoms with Crippen molar-refractivity contribution >= 4 is 23.4 Å². The Morgan fingerprint density at radius 1 is 1.00 bits per heavy atom. The van der Waals surface area contributed by atoms with E-state index in [-0.39, 0.29) is 9.29 Å². The van der Waals surface area contributed by atoms with Crippen LogP contribution in [0.15, 0.2) is 0 Å². The van der Waals surface area contributed by atoms with E-state index < -0.39 is 14.1 Å². The van der Waals surface area contributed by atoms with Crippen molar-refractivity contribution in [2.24, 2.45) is 0 Å². The Hall–Kier alpha value is -0.128. The molecule has 0 rings (SSSR count). The van der Waals surface area contributed by atoms with Gasteiger partial charge in [-0.05, 0) is 12.8 Å². The highest BCUT2D eigenvalue weighted by Crippen LogP contribution is 2.06. The lowest BCUT2D eigenvalue weighted by molar-refractivity contribution is -0.115. The number of unbranched alkanes of at least 4 members (excludes halogenated alkanes) is 1. The van der Waals surface area contributed by atoms with Crippen LogP contribution in [0, 0.1) is 0 Å². The first kappa shape index (κ1) is 12.9. The normalized spacial score (nSPS) is 9.77. The summed E-state index contributed by atoms with van der Waals surface area (Å²) in [5.74, 6) is 0. The quantitative estimate of drug-likeness (QED) is 0.588. The molecule has 0 fully saturated rings. The van der Waals surface area contributed by atoms with Crippen LogP contribution < -0.4 is 0 Å². The van der Waals surface area contributed by atoms with E-state index in [2.05, 4.69) is 6.92 Å². The lowest BCUT2D eigenvalue weighted by atomic mass is 10.4. The molecule has 0 aliphatic carbocycles. The van der Waals surface area contributed by atoms with E-state index >= 15 is 0 Å². The average Bonchev–Trinajstić information content (AvgIpc) is 2.17. The van der Waals surface area contributed by atoms with Crippen LogP contribution in [-0.2, 0) is 9.59 Å². The SMILES string of the molecule is CCC[CH2][Al]([C](=O)CC)[C](=O)CC. The standard InChI is InChI=1S/C4H9.2C3H5O.Al/c1-3-4-2;2*1-2-3-4;/h1,3-4H2,2H3;2*2H2,1H3;. The minimum Gasteiger partial charge on any atom is -0.320 e. The number of hydrogen-bond acceptors (Lipinski definition) is 2. The second-order valence-electron chi connectivity index (χ2n) is 3.33. The molecule has 0 aliphatic heterocycles. The minimum atomic E-state index is -1.72. The van der Waals surface area contributed by atoms with Crippen molar-refractivity contribution in [3.05, 3.63) is 0 Å². The van der Waals surface area contributed by atoms with Gasteiger partial charge in [-0.2, -0.15) is 0 Å². The zero-order valence-electron chi connectivity index (χ0n) is 8.93. The van der Waals surface area contributed by atoms with Gasteiger partial charge in [-0.25, -0.2) is 0 Å². The summed E-state index contributed by atoms with van der Waals surface area (Å²) in [7, 11) is 0. The molecular formula is C10H19AlO2. The molecule has 0 aromatic carbocycles. The van der Waals surface area contributed by atoms with Crippen LogP contribution >= 0.6 is 0 Å². The second kappa shape index (κ2) is 7.29. The van der Waals surface area contributed by atoms with Crippen molar-refractivity contribution < 1.29 is 9.59 Å². The molecule has 0 saturated heterocycles. The van der Waals surface area contributed by atoms with Crippen LogP contribution in [0.1, 0.15) is 46.5 Å². The van der Waals surface area contributed by atoms with Gasteiger partial charge in [0.15, 0.2) is 0 Å². The Kier molecular flexibility index (Phi) is 7.22. The Balaban J connectivity index is 4.18. The van der Waals surface area contributed by atoms with Gasteiger partial charge < -0.3 is 9.59 Å². The highest BCUT2D eigenvalue weighted by molar-refractivity contribution is 7.11. The first-order valence-corrected chi connectivity index (χ1v) is 7.19. The van der Waals surface area contributed by atoms with Crippen molar-refractivity contribution in [2.75, 3.05) is 0 Å². The summed E-state index contributed by atoms with van der Waals surface area (Å²) in [5, 5.41) is 0.885. The number of hydrogen-bond donors (Lipinski definition) is 0. The third kappa shape index (κ3) is 4.59. The summed E-state index contributed by atoms with van der Waals surface area (Å²) >= 11 is -1.72. The molecule has 0 atom stereocenters. The minimum absolute atomic E-state index is 0.250. The zero-order valence-corrected chi connectivity index (χ0v) is 10.1. The molecule has 0 aliphatic rings. The molecule has 0 unspecified atom stereocenters. The van der Waals surface area contributed by atoms with Crippen molar-refractivity contribution in [3.63, 3.8) is 0 Å². The molecule has 3 heteroatoms. The predicted molar refractivity (Wildman–Crippen MR) is 56.1 cm³/mol. The van der Waals surface area contributed by atoms with E-state index in [1.807, 2.05) is 13.8 Å². The fraction of sp³-hybridized carbons (Fsp3) is 0.800. The van der Waals surface area contributed by atoms with E-state index in [0.717, 1.165) is 18.1 Å². The topological polar surface area (TPSA) is 34.1 Å². The van der Waals surface area contributed by atoms with Crippen LogP contribution in [0.4, 0.5) is 0 Å². The van der Waals surface area contributed by atoms with Gasteiger partial charge in [-0.15, -0.1) is 0 Å². The summed E-state index contributed by atoms with van der Waals surface area (Å²) < 4.78 is 0.501. The van der Waals surface area contributed by atoms with Crippen LogP contribution in [0.25, 0.3) is 0 Å². The Labute approximate surface area is 85.1 Å². The molecule has 0 heterocycles. The van der Waals surface area contributed by atoms with Crippen molar-refractivity contribution in [3.8, 4) is 0 Å². The molecule has 0 bridgehead atoms. The van der Waals surface area contributed by atoms with E-state index in [1.54, 1.807) is 0 Å². The van der Waals surface area contributed by atoms with Crippen LogP contribution in [0.5, 0.6) is 0 Å². The zero-order chi connectivity index (χ0) is 10.3. The van der Waals surface area contributed by atoms with E-state index in [9.17, 15) is 9.59 Å². The van der Waals surface area contributed by atoms with E-state index in [1.165, 1.54) is 0 Å². The molecule has 0 amide bonds. The predicted octanol–water partition coefficient (Wildman–Crippen LogP) is 2.32. The molecular weight excluding hydrogens is 179 g/mol. The Morgan fingerprint density at radius 3 is 1.77 bits per heavy atom. The Bertz CT molecular complexity index is 162. The monoisotopic (exact) mass is 198 g/mol. The maximum absolute atomic E-state index is 11.5. The van der Waals surface area contributed by atoms with Crippen LogP contribution in [-0.4, -0.2) is 23.4 Å². The van der Waals surface area contributed by atoms with Gasteiger partial charge in [0.2, 0.25) is 0 Å². The maximum atomic E-state index is 11.5. The van der Waals surface area contributed by atoms with Crippen LogP contribution in [0.2, 0.25) is 5.28 Å². The van der Waals surface area contributed by atoms with Gasteiger partial charge in [-0.3, -0.25) is 0 Å². The van der Waals surface area contributed by atoms with Gasteiger partial charge in [0, 0.05) is 0 Å².